The molecule has 0 amide bonds. The molecule has 0 atom stereocenters. The van der Waals surface area contributed by atoms with Gasteiger partial charge in [0.15, 0.2) is 0 Å². The Bertz CT molecular complexity index is 2430. The maximum absolute atomic E-state index is 2.43. The summed E-state index contributed by atoms with van der Waals surface area (Å²) in [6.45, 7) is 0. The molecule has 0 aliphatic heterocycles. The van der Waals surface area contributed by atoms with Crippen LogP contribution in [0.4, 0.5) is 17.1 Å². The van der Waals surface area contributed by atoms with Crippen molar-refractivity contribution >= 4 is 102 Å². The van der Waals surface area contributed by atoms with Crippen LogP contribution in [0.15, 0.2) is 140 Å². The first-order valence-corrected chi connectivity index (χ1v) is 15.5. The van der Waals surface area contributed by atoms with Crippen molar-refractivity contribution in [1.29, 1.82) is 0 Å². The predicted molar refractivity (Wildman–Crippen MR) is 182 cm³/mol. The van der Waals surface area contributed by atoms with E-state index in [0.29, 0.717) is 0 Å². The highest BCUT2D eigenvalue weighted by atomic mass is 32.1. The Hall–Kier alpha value is -4.70. The van der Waals surface area contributed by atoms with Crippen molar-refractivity contribution < 1.29 is 0 Å². The quantitative estimate of drug-likeness (QED) is 0.195. The second kappa shape index (κ2) is 8.90. The first-order valence-electron chi connectivity index (χ1n) is 13.9. The molecule has 41 heavy (non-hydrogen) atoms. The first-order chi connectivity index (χ1) is 20.3. The van der Waals surface area contributed by atoms with Crippen LogP contribution in [0.25, 0.3) is 61.9 Å². The Labute approximate surface area is 245 Å². The van der Waals surface area contributed by atoms with Crippen LogP contribution in [0.3, 0.4) is 0 Å². The standard InChI is InChI=1S/C38H23NS2/c1-2-9-26(10-3-1)39(33-14-8-13-30-28-11-4-6-15-34(28)40-37(30)33)27-21-19-24-17-18-25-20-22-31-29-12-5-7-16-35(29)41-38(31)36(25)32(24)23-27/h1-23H. The summed E-state index contributed by atoms with van der Waals surface area (Å²) < 4.78 is 5.33. The molecule has 192 valence electrons. The van der Waals surface area contributed by atoms with Crippen molar-refractivity contribution in [2.45, 2.75) is 0 Å². The fourth-order valence-electron chi connectivity index (χ4n) is 6.36. The third-order valence-electron chi connectivity index (χ3n) is 8.22. The van der Waals surface area contributed by atoms with E-state index in [2.05, 4.69) is 144 Å². The third kappa shape index (κ3) is 3.46. The van der Waals surface area contributed by atoms with Crippen LogP contribution in [0.5, 0.6) is 0 Å². The molecule has 0 spiro atoms. The molecule has 2 aromatic heterocycles. The lowest BCUT2D eigenvalue weighted by atomic mass is 9.99. The lowest BCUT2D eigenvalue weighted by molar-refractivity contribution is 1.31. The summed E-state index contributed by atoms with van der Waals surface area (Å²) in [4.78, 5) is 2.43. The summed E-state index contributed by atoms with van der Waals surface area (Å²) in [5.74, 6) is 0. The van der Waals surface area contributed by atoms with Gasteiger partial charge in [0.2, 0.25) is 0 Å². The van der Waals surface area contributed by atoms with Gasteiger partial charge in [0.05, 0.1) is 10.4 Å². The monoisotopic (exact) mass is 557 g/mol. The molecule has 3 heteroatoms. The molecule has 9 aromatic rings. The lowest BCUT2D eigenvalue weighted by Crippen LogP contribution is -2.09. The Kier molecular flexibility index (Phi) is 5.00. The van der Waals surface area contributed by atoms with Crippen LogP contribution < -0.4 is 4.90 Å². The summed E-state index contributed by atoms with van der Waals surface area (Å²) in [6, 6.07) is 51.1. The molecule has 7 aromatic carbocycles. The zero-order chi connectivity index (χ0) is 26.9. The molecule has 0 aliphatic carbocycles. The number of benzene rings is 7. The van der Waals surface area contributed by atoms with Gasteiger partial charge in [-0.05, 0) is 58.6 Å². The number of para-hydroxylation sites is 1. The molecular weight excluding hydrogens is 535 g/mol. The largest absolute Gasteiger partial charge is 0.309 e. The van der Waals surface area contributed by atoms with E-state index >= 15 is 0 Å². The number of thiophene rings is 2. The van der Waals surface area contributed by atoms with E-state index < -0.39 is 0 Å². The molecule has 0 fully saturated rings. The molecule has 1 nitrogen and oxygen atoms in total. The third-order valence-corrected chi connectivity index (χ3v) is 10.6. The fourth-order valence-corrected chi connectivity index (χ4v) is 8.84. The van der Waals surface area contributed by atoms with Gasteiger partial charge in [0.25, 0.3) is 0 Å². The van der Waals surface area contributed by atoms with E-state index in [-0.39, 0.29) is 0 Å². The zero-order valence-corrected chi connectivity index (χ0v) is 23.7. The number of anilines is 3. The van der Waals surface area contributed by atoms with Gasteiger partial charge in [-0.3, -0.25) is 0 Å². The summed E-state index contributed by atoms with van der Waals surface area (Å²) in [5.41, 5.74) is 3.53. The molecule has 0 radical (unpaired) electrons. The van der Waals surface area contributed by atoms with Gasteiger partial charge >= 0.3 is 0 Å². The van der Waals surface area contributed by atoms with Crippen molar-refractivity contribution in [2.24, 2.45) is 0 Å². The average molecular weight is 558 g/mol. The molecule has 0 N–H and O–H groups in total. The molecular formula is C38H23NS2. The smallest absolute Gasteiger partial charge is 0.0640 e. The van der Waals surface area contributed by atoms with Crippen LogP contribution in [0, 0.1) is 0 Å². The van der Waals surface area contributed by atoms with Crippen LogP contribution in [-0.4, -0.2) is 0 Å². The molecule has 2 heterocycles. The second-order valence-corrected chi connectivity index (χ2v) is 12.6. The molecule has 0 saturated heterocycles. The van der Waals surface area contributed by atoms with Crippen molar-refractivity contribution in [3.8, 4) is 0 Å². The van der Waals surface area contributed by atoms with E-state index in [1.807, 2.05) is 22.7 Å². The van der Waals surface area contributed by atoms with Crippen LogP contribution in [0.1, 0.15) is 0 Å². The van der Waals surface area contributed by atoms with E-state index in [1.54, 1.807) is 0 Å². The van der Waals surface area contributed by atoms with Crippen molar-refractivity contribution in [3.05, 3.63) is 140 Å². The highest BCUT2D eigenvalue weighted by molar-refractivity contribution is 7.27. The summed E-state index contributed by atoms with van der Waals surface area (Å²) in [6.07, 6.45) is 0. The number of nitrogens with zero attached hydrogens (tertiary/aromatic N) is 1. The summed E-state index contributed by atoms with van der Waals surface area (Å²) >= 11 is 3.78. The summed E-state index contributed by atoms with van der Waals surface area (Å²) in [5, 5.41) is 10.5. The van der Waals surface area contributed by atoms with Crippen LogP contribution in [0.2, 0.25) is 0 Å². The minimum Gasteiger partial charge on any atom is -0.309 e. The number of hydrogen-bond donors (Lipinski definition) is 0. The maximum atomic E-state index is 2.43. The van der Waals surface area contributed by atoms with Gasteiger partial charge in [0, 0.05) is 52.4 Å². The predicted octanol–water partition coefficient (Wildman–Crippen LogP) is 12.2. The van der Waals surface area contributed by atoms with Gasteiger partial charge in [-0.25, -0.2) is 0 Å². The Morgan fingerprint density at radius 2 is 1.00 bits per heavy atom. The average Bonchev–Trinajstić information content (AvgIpc) is 3.60. The van der Waals surface area contributed by atoms with Gasteiger partial charge in [-0.1, -0.05) is 97.1 Å². The maximum Gasteiger partial charge on any atom is 0.0640 e. The van der Waals surface area contributed by atoms with Crippen molar-refractivity contribution in [3.63, 3.8) is 0 Å². The van der Waals surface area contributed by atoms with E-state index in [4.69, 9.17) is 0 Å². The molecule has 9 rings (SSSR count). The van der Waals surface area contributed by atoms with Gasteiger partial charge in [-0.15, -0.1) is 22.7 Å². The van der Waals surface area contributed by atoms with E-state index in [1.165, 1.54) is 73.3 Å². The number of hydrogen-bond acceptors (Lipinski definition) is 3. The Morgan fingerprint density at radius 1 is 0.390 bits per heavy atom. The molecule has 0 bridgehead atoms. The highest BCUT2D eigenvalue weighted by Crippen LogP contribution is 2.46. The van der Waals surface area contributed by atoms with Gasteiger partial charge in [-0.2, -0.15) is 0 Å². The van der Waals surface area contributed by atoms with E-state index in [0.717, 1.165) is 5.69 Å². The number of rotatable bonds is 3. The number of fused-ring (bicyclic) bond motifs is 10. The Balaban J connectivity index is 1.36. The molecule has 0 aliphatic rings. The normalized spacial score (nSPS) is 11.9. The fraction of sp³-hybridized carbons (Fsp3) is 0. The van der Waals surface area contributed by atoms with E-state index in [9.17, 15) is 0 Å². The summed E-state index contributed by atoms with van der Waals surface area (Å²) in [7, 11) is 0. The second-order valence-electron chi connectivity index (χ2n) is 10.5. The van der Waals surface area contributed by atoms with Crippen molar-refractivity contribution in [2.75, 3.05) is 4.90 Å². The van der Waals surface area contributed by atoms with Crippen LogP contribution >= 0.6 is 22.7 Å². The SMILES string of the molecule is c1ccc(N(c2ccc3ccc4ccc5c6ccccc6sc5c4c3c2)c2cccc3c2sc2ccccc23)cc1. The zero-order valence-electron chi connectivity index (χ0n) is 22.0. The minimum atomic E-state index is 1.16. The first kappa shape index (κ1) is 23.0. The van der Waals surface area contributed by atoms with Crippen molar-refractivity contribution in [1.82, 2.24) is 0 Å². The van der Waals surface area contributed by atoms with Crippen LogP contribution in [-0.2, 0) is 0 Å². The lowest BCUT2D eigenvalue weighted by Gasteiger charge is -2.26. The molecule has 0 unspecified atom stereocenters. The molecule has 0 saturated carbocycles. The highest BCUT2D eigenvalue weighted by Gasteiger charge is 2.19. The van der Waals surface area contributed by atoms with Gasteiger partial charge in [0.1, 0.15) is 0 Å². The Morgan fingerprint density at radius 3 is 1.80 bits per heavy atom. The minimum absolute atomic E-state index is 1.16. The van der Waals surface area contributed by atoms with Gasteiger partial charge < -0.3 is 4.90 Å². The topological polar surface area (TPSA) is 3.24 Å².